The number of anilines is 1. The van der Waals surface area contributed by atoms with E-state index in [0.29, 0.717) is 29.4 Å². The van der Waals surface area contributed by atoms with Crippen LogP contribution >= 0.6 is 0 Å². The van der Waals surface area contributed by atoms with E-state index in [-0.39, 0.29) is 49.0 Å². The maximum absolute atomic E-state index is 14.4. The number of carbonyl (C=O) groups is 3. The largest absolute Gasteiger partial charge is 0.416 e. The van der Waals surface area contributed by atoms with Gasteiger partial charge in [0, 0.05) is 29.6 Å². The molecular weight excluding hydrogens is 608 g/mol. The number of nitrogens with one attached hydrogen (secondary N) is 1. The molecule has 14 heteroatoms. The van der Waals surface area contributed by atoms with E-state index in [1.165, 1.54) is 35.2 Å². The lowest BCUT2D eigenvalue weighted by Crippen LogP contribution is -2.56. The predicted molar refractivity (Wildman–Crippen MR) is 153 cm³/mol. The molecule has 3 amide bonds. The first-order chi connectivity index (χ1) is 22.0. The van der Waals surface area contributed by atoms with Gasteiger partial charge in [0.05, 0.1) is 24.8 Å². The van der Waals surface area contributed by atoms with E-state index in [4.69, 9.17) is 9.84 Å². The zero-order valence-corrected chi connectivity index (χ0v) is 24.5. The molecule has 0 radical (unpaired) electrons. The van der Waals surface area contributed by atoms with E-state index in [2.05, 4.69) is 11.4 Å². The molecule has 0 spiro atoms. The van der Waals surface area contributed by atoms with Crippen LogP contribution in [0.2, 0.25) is 0 Å². The highest BCUT2D eigenvalue weighted by Gasteiger charge is 2.56. The Balaban J connectivity index is 1.39. The van der Waals surface area contributed by atoms with Gasteiger partial charge in [-0.1, -0.05) is 18.2 Å². The van der Waals surface area contributed by atoms with Gasteiger partial charge in [-0.05, 0) is 61.6 Å². The van der Waals surface area contributed by atoms with Crippen molar-refractivity contribution in [2.24, 2.45) is 5.92 Å². The minimum atomic E-state index is -4.70. The SMILES string of the molecule is CCN1C(=O)[C@@H](NC(=O)c2cccc(C(F)(F)F)c2)[C@@H](c2ccc(F)cc2)c2c(C(=O)N3[C@H](C#N)C[C@H]4C[C@H]43)nn(C3COC3)c21. The van der Waals surface area contributed by atoms with E-state index in [1.807, 2.05) is 0 Å². The molecule has 5 atom stereocenters. The summed E-state index contributed by atoms with van der Waals surface area (Å²) in [4.78, 5) is 45.1. The first-order valence-electron chi connectivity index (χ1n) is 15.0. The molecule has 1 saturated carbocycles. The molecule has 3 aromatic rings. The maximum atomic E-state index is 14.4. The van der Waals surface area contributed by atoms with Crippen molar-refractivity contribution in [1.82, 2.24) is 20.0 Å². The fraction of sp³-hybridized carbons (Fsp3) is 0.406. The van der Waals surface area contributed by atoms with Crippen molar-refractivity contribution in [2.45, 2.75) is 56.0 Å². The van der Waals surface area contributed by atoms with Gasteiger partial charge in [-0.3, -0.25) is 19.3 Å². The van der Waals surface area contributed by atoms with Crippen molar-refractivity contribution in [3.63, 3.8) is 0 Å². The number of ether oxygens (including phenoxy) is 1. The number of amides is 3. The highest BCUT2D eigenvalue weighted by molar-refractivity contribution is 6.07. The molecule has 4 aliphatic rings. The van der Waals surface area contributed by atoms with Crippen LogP contribution in [0.4, 0.5) is 23.4 Å². The second-order valence-corrected chi connectivity index (χ2v) is 12.0. The standard InChI is InChI=1S/C32H28F4N6O4/c1-2-40-29-25(27(39-42(29)22-14-46-15-22)31(45)41-21(13-37)11-18-12-23(18)41)24(16-6-8-20(33)9-7-16)26(30(40)44)38-28(43)17-4-3-5-19(10-17)32(34,35)36/h3-10,18,21-24,26H,2,11-12,14-15H2,1H3,(H,38,43)/t18-,21-,23+,24-,26-/m0/s1. The van der Waals surface area contributed by atoms with Crippen molar-refractivity contribution in [3.05, 3.63) is 82.3 Å². The summed E-state index contributed by atoms with van der Waals surface area (Å²) < 4.78 is 61.5. The highest BCUT2D eigenvalue weighted by atomic mass is 19.4. The number of nitriles is 1. The van der Waals surface area contributed by atoms with E-state index in [0.717, 1.165) is 18.6 Å². The number of hydrogen-bond acceptors (Lipinski definition) is 6. The van der Waals surface area contributed by atoms with Crippen molar-refractivity contribution in [2.75, 3.05) is 24.7 Å². The van der Waals surface area contributed by atoms with E-state index in [9.17, 15) is 37.2 Å². The average molecular weight is 637 g/mol. The number of likely N-dealkylation sites (tertiary alicyclic amines) is 1. The summed E-state index contributed by atoms with van der Waals surface area (Å²) in [5, 5.41) is 17.2. The minimum Gasteiger partial charge on any atom is -0.377 e. The molecule has 1 aromatic heterocycles. The fourth-order valence-corrected chi connectivity index (χ4v) is 6.88. The Bertz CT molecular complexity index is 1780. The highest BCUT2D eigenvalue weighted by Crippen LogP contribution is 2.50. The Morgan fingerprint density at radius 1 is 1.13 bits per heavy atom. The summed E-state index contributed by atoms with van der Waals surface area (Å²) in [6, 6.07) is 8.82. The van der Waals surface area contributed by atoms with Crippen molar-refractivity contribution >= 4 is 23.5 Å². The number of nitrogens with zero attached hydrogens (tertiary/aromatic N) is 5. The van der Waals surface area contributed by atoms with Crippen molar-refractivity contribution in [1.29, 1.82) is 5.26 Å². The zero-order chi connectivity index (χ0) is 32.5. The molecule has 0 unspecified atom stereocenters. The third-order valence-electron chi connectivity index (χ3n) is 9.29. The summed E-state index contributed by atoms with van der Waals surface area (Å²) in [5.74, 6) is -3.11. The molecule has 7 rings (SSSR count). The number of benzene rings is 2. The lowest BCUT2D eigenvalue weighted by atomic mass is 9.80. The Morgan fingerprint density at radius 2 is 1.87 bits per heavy atom. The molecule has 4 heterocycles. The van der Waals surface area contributed by atoms with E-state index in [1.54, 1.807) is 16.5 Å². The first kappa shape index (κ1) is 29.9. The molecule has 46 heavy (non-hydrogen) atoms. The fourth-order valence-electron chi connectivity index (χ4n) is 6.88. The second kappa shape index (κ2) is 10.9. The van der Waals surface area contributed by atoms with Crippen LogP contribution in [0.3, 0.4) is 0 Å². The molecule has 3 fully saturated rings. The van der Waals surface area contributed by atoms with Crippen LogP contribution < -0.4 is 10.2 Å². The van der Waals surface area contributed by atoms with Gasteiger partial charge in [0.1, 0.15) is 29.8 Å². The normalized spacial score (nSPS) is 25.4. The number of fused-ring (bicyclic) bond motifs is 2. The molecule has 1 N–H and O–H groups in total. The number of aromatic nitrogens is 2. The lowest BCUT2D eigenvalue weighted by molar-refractivity contribution is -0.137. The quantitative estimate of drug-likeness (QED) is 0.408. The van der Waals surface area contributed by atoms with Crippen LogP contribution in [-0.2, 0) is 15.7 Å². The average Bonchev–Trinajstić information content (AvgIpc) is 3.52. The second-order valence-electron chi connectivity index (χ2n) is 12.0. The summed E-state index contributed by atoms with van der Waals surface area (Å²) in [6.07, 6.45) is -3.39. The van der Waals surface area contributed by atoms with Crippen LogP contribution in [-0.4, -0.2) is 70.3 Å². The van der Waals surface area contributed by atoms with Crippen molar-refractivity contribution in [3.8, 4) is 6.07 Å². The lowest BCUT2D eigenvalue weighted by Gasteiger charge is -2.40. The topological polar surface area (TPSA) is 121 Å². The van der Waals surface area contributed by atoms with Gasteiger partial charge in [-0.2, -0.15) is 23.5 Å². The van der Waals surface area contributed by atoms with Crippen LogP contribution in [0, 0.1) is 23.1 Å². The molecule has 2 saturated heterocycles. The molecule has 3 aliphatic heterocycles. The Morgan fingerprint density at radius 3 is 2.50 bits per heavy atom. The molecular formula is C32H28F4N6O4. The number of likely N-dealkylation sites (N-methyl/N-ethyl adjacent to an activating group) is 1. The summed E-state index contributed by atoms with van der Waals surface area (Å²) in [7, 11) is 0. The predicted octanol–water partition coefficient (Wildman–Crippen LogP) is 4.04. The van der Waals surface area contributed by atoms with Gasteiger partial charge in [0.15, 0.2) is 5.69 Å². The van der Waals surface area contributed by atoms with Crippen LogP contribution in [0.5, 0.6) is 0 Å². The molecule has 1 aliphatic carbocycles. The number of halogens is 4. The van der Waals surface area contributed by atoms with Crippen LogP contribution in [0.15, 0.2) is 48.5 Å². The third-order valence-corrected chi connectivity index (χ3v) is 9.29. The zero-order valence-electron chi connectivity index (χ0n) is 24.5. The number of carbonyl (C=O) groups excluding carboxylic acids is 3. The van der Waals surface area contributed by atoms with Crippen LogP contribution in [0.1, 0.15) is 69.3 Å². The van der Waals surface area contributed by atoms with E-state index < -0.39 is 53.3 Å². The minimum absolute atomic E-state index is 0.00621. The summed E-state index contributed by atoms with van der Waals surface area (Å²) in [5.41, 5.74) is -0.673. The van der Waals surface area contributed by atoms with Gasteiger partial charge in [-0.15, -0.1) is 0 Å². The monoisotopic (exact) mass is 636 g/mol. The smallest absolute Gasteiger partial charge is 0.377 e. The van der Waals surface area contributed by atoms with Crippen LogP contribution in [0.25, 0.3) is 0 Å². The van der Waals surface area contributed by atoms with Gasteiger partial charge in [0.25, 0.3) is 17.7 Å². The molecule has 0 bridgehead atoms. The first-order valence-corrected chi connectivity index (χ1v) is 15.0. The van der Waals surface area contributed by atoms with Gasteiger partial charge >= 0.3 is 6.18 Å². The summed E-state index contributed by atoms with van der Waals surface area (Å²) >= 11 is 0. The molecule has 2 aromatic carbocycles. The Hall–Kier alpha value is -4.77. The van der Waals surface area contributed by atoms with E-state index >= 15 is 0 Å². The van der Waals surface area contributed by atoms with Crippen molar-refractivity contribution < 1.29 is 36.7 Å². The number of alkyl halides is 3. The number of hydrogen-bond donors (Lipinski definition) is 1. The maximum Gasteiger partial charge on any atom is 0.416 e. The number of rotatable bonds is 6. The Kier molecular flexibility index (Phi) is 7.11. The van der Waals surface area contributed by atoms with Gasteiger partial charge in [-0.25, -0.2) is 9.07 Å². The van der Waals surface area contributed by atoms with Gasteiger partial charge in [0.2, 0.25) is 0 Å². The molecule has 238 valence electrons. The van der Waals surface area contributed by atoms with Gasteiger partial charge < -0.3 is 15.0 Å². The number of piperidine rings is 1. The molecule has 10 nitrogen and oxygen atoms in total. The third kappa shape index (κ3) is 4.81. The Labute approximate surface area is 260 Å². The summed E-state index contributed by atoms with van der Waals surface area (Å²) in [6.45, 7) is 2.38.